The first-order chi connectivity index (χ1) is 18.0. The van der Waals surface area contributed by atoms with E-state index in [0.29, 0.717) is 25.8 Å². The minimum absolute atomic E-state index is 0.0744. The summed E-state index contributed by atoms with van der Waals surface area (Å²) in [7, 11) is 3.19. The van der Waals surface area contributed by atoms with Crippen LogP contribution < -0.4 is 5.32 Å². The molecule has 2 aliphatic heterocycles. The lowest BCUT2D eigenvalue weighted by Crippen LogP contribution is -2.61. The Bertz CT molecular complexity index is 1080. The Balaban J connectivity index is 1.43. The standard InChI is InChI=1S/C28H39FN4O5/c1-17(2)23(30-24(34)21-8-6-18(3)7-9-22(21)29)25(35)32-12-10-28(11-13-32)26(36)31(4)27(37)33(28)16-19-14-20(15-19)38-5/h7-9,17,19-20,23H,6,10-16H2,1-5H3,(H,30,34)/t19?,20?,23-/m1/s1. The molecule has 1 N–H and O–H groups in total. The van der Waals surface area contributed by atoms with Gasteiger partial charge in [0.25, 0.3) is 11.8 Å². The van der Waals surface area contributed by atoms with E-state index in [9.17, 15) is 23.6 Å². The van der Waals surface area contributed by atoms with Crippen molar-refractivity contribution >= 4 is 23.8 Å². The van der Waals surface area contributed by atoms with Crippen LogP contribution in [0.3, 0.4) is 0 Å². The van der Waals surface area contributed by atoms with Crippen LogP contribution in [0.5, 0.6) is 0 Å². The number of carbonyl (C=O) groups is 4. The molecule has 4 rings (SSSR count). The molecule has 2 aliphatic carbocycles. The first-order valence-corrected chi connectivity index (χ1v) is 13.4. The van der Waals surface area contributed by atoms with Gasteiger partial charge in [0.1, 0.15) is 17.4 Å². The van der Waals surface area contributed by atoms with Crippen LogP contribution in [-0.2, 0) is 19.1 Å². The summed E-state index contributed by atoms with van der Waals surface area (Å²) in [6, 6.07) is -1.14. The molecular weight excluding hydrogens is 491 g/mol. The van der Waals surface area contributed by atoms with Crippen LogP contribution in [0.1, 0.15) is 52.9 Å². The molecule has 2 heterocycles. The Morgan fingerprint density at radius 3 is 2.45 bits per heavy atom. The maximum atomic E-state index is 14.5. The molecule has 0 unspecified atom stereocenters. The number of amides is 5. The van der Waals surface area contributed by atoms with Gasteiger partial charge >= 0.3 is 6.03 Å². The molecule has 10 heteroatoms. The number of nitrogens with one attached hydrogen (secondary N) is 1. The lowest BCUT2D eigenvalue weighted by atomic mass is 9.79. The lowest BCUT2D eigenvalue weighted by Gasteiger charge is -2.45. The minimum atomic E-state index is -0.957. The number of nitrogens with zero attached hydrogens (tertiary/aromatic N) is 3. The SMILES string of the molecule is COC1CC(CN2C(=O)N(C)C(=O)C23CCN(C(=O)[C@H](NC(=O)C2=CCC(C)=CC=C2F)C(C)C)CC3)C1. The molecule has 3 fully saturated rings. The van der Waals surface area contributed by atoms with Crippen LogP contribution in [-0.4, -0.2) is 89.9 Å². The van der Waals surface area contributed by atoms with Gasteiger partial charge in [-0.15, -0.1) is 0 Å². The van der Waals surface area contributed by atoms with Crippen LogP contribution in [0.25, 0.3) is 0 Å². The van der Waals surface area contributed by atoms with Gasteiger partial charge < -0.3 is 19.9 Å². The molecule has 1 spiro atoms. The molecule has 2 saturated heterocycles. The largest absolute Gasteiger partial charge is 0.381 e. The van der Waals surface area contributed by atoms with E-state index in [4.69, 9.17) is 4.74 Å². The molecule has 0 radical (unpaired) electrons. The molecule has 1 saturated carbocycles. The predicted molar refractivity (Wildman–Crippen MR) is 139 cm³/mol. The molecule has 0 aromatic rings. The van der Waals surface area contributed by atoms with Crippen LogP contribution >= 0.6 is 0 Å². The van der Waals surface area contributed by atoms with Gasteiger partial charge in [-0.2, -0.15) is 0 Å². The number of piperidine rings is 1. The molecule has 4 aliphatic rings. The summed E-state index contributed by atoms with van der Waals surface area (Å²) in [4.78, 5) is 57.3. The minimum Gasteiger partial charge on any atom is -0.381 e. The summed E-state index contributed by atoms with van der Waals surface area (Å²) >= 11 is 0. The van der Waals surface area contributed by atoms with Gasteiger partial charge in [-0.25, -0.2) is 9.18 Å². The topological polar surface area (TPSA) is 99.3 Å². The van der Waals surface area contributed by atoms with E-state index in [-0.39, 0.29) is 54.4 Å². The average Bonchev–Trinajstić information content (AvgIpc) is 2.97. The van der Waals surface area contributed by atoms with Crippen LogP contribution in [0.2, 0.25) is 0 Å². The molecule has 0 aromatic heterocycles. The zero-order chi connectivity index (χ0) is 27.8. The first-order valence-electron chi connectivity index (χ1n) is 13.4. The smallest absolute Gasteiger partial charge is 0.327 e. The van der Waals surface area contributed by atoms with Crippen molar-refractivity contribution < 1.29 is 28.3 Å². The normalized spacial score (nSPS) is 26.1. The lowest BCUT2D eigenvalue weighted by molar-refractivity contribution is -0.143. The second-order valence-corrected chi connectivity index (χ2v) is 11.4. The number of urea groups is 1. The Morgan fingerprint density at radius 2 is 1.84 bits per heavy atom. The summed E-state index contributed by atoms with van der Waals surface area (Å²) in [5, 5.41) is 2.75. The molecule has 0 bridgehead atoms. The fourth-order valence-electron chi connectivity index (χ4n) is 5.85. The van der Waals surface area contributed by atoms with E-state index >= 15 is 0 Å². The molecule has 208 valence electrons. The van der Waals surface area contributed by atoms with Crippen molar-refractivity contribution in [3.8, 4) is 0 Å². The molecule has 5 amide bonds. The number of likely N-dealkylation sites (N-methyl/N-ethyl adjacent to an activating group) is 1. The highest BCUT2D eigenvalue weighted by Gasteiger charge is 2.58. The number of halogens is 1. The summed E-state index contributed by atoms with van der Waals surface area (Å²) in [5.41, 5.74) is -0.104. The van der Waals surface area contributed by atoms with E-state index in [0.717, 1.165) is 18.4 Å². The Hall–Kier alpha value is -3.01. The highest BCUT2D eigenvalue weighted by molar-refractivity contribution is 6.07. The van der Waals surface area contributed by atoms with Gasteiger partial charge in [-0.3, -0.25) is 19.3 Å². The number of imide groups is 1. The van der Waals surface area contributed by atoms with Crippen LogP contribution in [0, 0.1) is 11.8 Å². The van der Waals surface area contributed by atoms with Gasteiger partial charge in [-0.1, -0.05) is 31.6 Å². The number of hydrogen-bond acceptors (Lipinski definition) is 5. The fourth-order valence-corrected chi connectivity index (χ4v) is 5.85. The molecule has 0 aromatic carbocycles. The van der Waals surface area contributed by atoms with Crippen molar-refractivity contribution in [3.63, 3.8) is 0 Å². The van der Waals surface area contributed by atoms with E-state index < -0.39 is 23.3 Å². The third-order valence-electron chi connectivity index (χ3n) is 8.47. The number of rotatable bonds is 7. The highest BCUT2D eigenvalue weighted by Crippen LogP contribution is 2.40. The number of carbonyl (C=O) groups excluding carboxylic acids is 4. The third-order valence-corrected chi connectivity index (χ3v) is 8.47. The Morgan fingerprint density at radius 1 is 1.18 bits per heavy atom. The molecule has 9 nitrogen and oxygen atoms in total. The highest BCUT2D eigenvalue weighted by atomic mass is 19.1. The van der Waals surface area contributed by atoms with E-state index in [2.05, 4.69) is 5.32 Å². The fraction of sp³-hybridized carbons (Fsp3) is 0.643. The van der Waals surface area contributed by atoms with Gasteiger partial charge in [-0.05, 0) is 56.9 Å². The number of methoxy groups -OCH3 is 1. The van der Waals surface area contributed by atoms with E-state index in [1.807, 2.05) is 20.8 Å². The zero-order valence-corrected chi connectivity index (χ0v) is 23.0. The number of likely N-dealkylation sites (tertiary alicyclic amines) is 1. The summed E-state index contributed by atoms with van der Waals surface area (Å²) in [5.74, 6) is -1.70. The van der Waals surface area contributed by atoms with Crippen molar-refractivity contribution in [2.75, 3.05) is 33.8 Å². The van der Waals surface area contributed by atoms with Crippen molar-refractivity contribution in [1.29, 1.82) is 0 Å². The molecule has 38 heavy (non-hydrogen) atoms. The second-order valence-electron chi connectivity index (χ2n) is 11.4. The zero-order valence-electron chi connectivity index (χ0n) is 23.0. The van der Waals surface area contributed by atoms with Crippen molar-refractivity contribution in [1.82, 2.24) is 20.0 Å². The third kappa shape index (κ3) is 5.15. The molecular formula is C28H39FN4O5. The van der Waals surface area contributed by atoms with Gasteiger partial charge in [0.05, 0.1) is 11.7 Å². The van der Waals surface area contributed by atoms with Crippen LogP contribution in [0.15, 0.2) is 35.2 Å². The second kappa shape index (κ2) is 11.0. The van der Waals surface area contributed by atoms with Crippen molar-refractivity contribution in [2.45, 2.75) is 70.6 Å². The summed E-state index contributed by atoms with van der Waals surface area (Å²) < 4.78 is 19.9. The monoisotopic (exact) mass is 530 g/mol. The van der Waals surface area contributed by atoms with Gasteiger partial charge in [0.2, 0.25) is 5.91 Å². The maximum absolute atomic E-state index is 14.5. The van der Waals surface area contributed by atoms with Crippen molar-refractivity contribution in [2.24, 2.45) is 11.8 Å². The van der Waals surface area contributed by atoms with Crippen LogP contribution in [0.4, 0.5) is 9.18 Å². The summed E-state index contributed by atoms with van der Waals surface area (Å²) in [6.45, 7) is 6.58. The number of hydrogen-bond donors (Lipinski definition) is 1. The number of allylic oxidation sites excluding steroid dienone is 4. The summed E-state index contributed by atoms with van der Waals surface area (Å²) in [6.07, 6.45) is 7.47. The first kappa shape index (κ1) is 28.0. The van der Waals surface area contributed by atoms with E-state index in [1.54, 1.807) is 23.0 Å². The molecule has 1 atom stereocenters. The maximum Gasteiger partial charge on any atom is 0.327 e. The quantitative estimate of drug-likeness (QED) is 0.511. The average molecular weight is 531 g/mol. The number of ether oxygens (including phenoxy) is 1. The van der Waals surface area contributed by atoms with E-state index in [1.165, 1.54) is 24.1 Å². The Kier molecular flexibility index (Phi) is 8.11. The predicted octanol–water partition coefficient (Wildman–Crippen LogP) is 2.94. The Labute approximate surface area is 223 Å². The van der Waals surface area contributed by atoms with Crippen molar-refractivity contribution in [3.05, 3.63) is 35.2 Å². The van der Waals surface area contributed by atoms with Gasteiger partial charge in [0, 0.05) is 33.8 Å². The van der Waals surface area contributed by atoms with Gasteiger partial charge in [0.15, 0.2) is 0 Å².